The molecular weight excluding hydrogens is 288 g/mol. The number of carbonyl (C=O) groups is 1. The van der Waals surface area contributed by atoms with E-state index in [1.165, 1.54) is 0 Å². The summed E-state index contributed by atoms with van der Waals surface area (Å²) in [5.41, 5.74) is 4.22. The molecular formula is C20H22O3. The molecule has 0 spiro atoms. The third kappa shape index (κ3) is 4.08. The van der Waals surface area contributed by atoms with Gasteiger partial charge in [-0.15, -0.1) is 0 Å². The molecule has 0 unspecified atom stereocenters. The fourth-order valence-corrected chi connectivity index (χ4v) is 2.47. The van der Waals surface area contributed by atoms with Crippen molar-refractivity contribution in [1.29, 1.82) is 0 Å². The van der Waals surface area contributed by atoms with Crippen LogP contribution in [0.25, 0.3) is 6.08 Å². The Morgan fingerprint density at radius 1 is 1.17 bits per heavy atom. The van der Waals surface area contributed by atoms with Crippen LogP contribution >= 0.6 is 0 Å². The second-order valence-corrected chi connectivity index (χ2v) is 5.44. The summed E-state index contributed by atoms with van der Waals surface area (Å²) in [5, 5.41) is 9.08. The van der Waals surface area contributed by atoms with Gasteiger partial charge in [0.1, 0.15) is 5.75 Å². The van der Waals surface area contributed by atoms with Crippen molar-refractivity contribution in [2.45, 2.75) is 26.9 Å². The van der Waals surface area contributed by atoms with Crippen molar-refractivity contribution in [1.82, 2.24) is 0 Å². The van der Waals surface area contributed by atoms with Gasteiger partial charge in [0.25, 0.3) is 0 Å². The number of benzene rings is 2. The molecule has 0 heterocycles. The molecule has 3 nitrogen and oxygen atoms in total. The zero-order valence-electron chi connectivity index (χ0n) is 13.8. The molecule has 1 N–H and O–H groups in total. The van der Waals surface area contributed by atoms with Crippen LogP contribution in [0, 0.1) is 6.92 Å². The number of aliphatic hydroxyl groups is 1. The second kappa shape index (κ2) is 7.75. The van der Waals surface area contributed by atoms with E-state index in [1.807, 2.05) is 38.1 Å². The number of ketones is 1. The van der Waals surface area contributed by atoms with E-state index >= 15 is 0 Å². The van der Waals surface area contributed by atoms with Gasteiger partial charge in [0, 0.05) is 11.1 Å². The van der Waals surface area contributed by atoms with Gasteiger partial charge in [-0.2, -0.15) is 0 Å². The summed E-state index contributed by atoms with van der Waals surface area (Å²) in [6.07, 6.45) is 2.58. The minimum Gasteiger partial charge on any atom is -0.496 e. The van der Waals surface area contributed by atoms with Crippen molar-refractivity contribution in [3.63, 3.8) is 0 Å². The van der Waals surface area contributed by atoms with Gasteiger partial charge in [0.05, 0.1) is 13.7 Å². The van der Waals surface area contributed by atoms with Crippen LogP contribution in [0.15, 0.2) is 48.0 Å². The first-order valence-electron chi connectivity index (χ1n) is 7.68. The second-order valence-electron chi connectivity index (χ2n) is 5.44. The molecule has 2 rings (SSSR count). The van der Waals surface area contributed by atoms with Crippen LogP contribution in [0.4, 0.5) is 0 Å². The Morgan fingerprint density at radius 3 is 2.39 bits per heavy atom. The summed E-state index contributed by atoms with van der Waals surface area (Å²) in [5.74, 6) is 0.858. The Kier molecular flexibility index (Phi) is 5.72. The maximum Gasteiger partial charge on any atom is 0.189 e. The van der Waals surface area contributed by atoms with Crippen molar-refractivity contribution in [2.24, 2.45) is 0 Å². The maximum atomic E-state index is 12.6. The van der Waals surface area contributed by atoms with E-state index in [2.05, 4.69) is 0 Å². The quantitative estimate of drug-likeness (QED) is 0.643. The summed E-state index contributed by atoms with van der Waals surface area (Å²) in [6.45, 7) is 3.94. The lowest BCUT2D eigenvalue weighted by Crippen LogP contribution is -2.03. The predicted molar refractivity (Wildman–Crippen MR) is 92.7 cm³/mol. The average Bonchev–Trinajstić information content (AvgIpc) is 2.59. The highest BCUT2D eigenvalue weighted by atomic mass is 16.5. The lowest BCUT2D eigenvalue weighted by Gasteiger charge is -2.08. The highest BCUT2D eigenvalue weighted by molar-refractivity contribution is 6.11. The van der Waals surface area contributed by atoms with Gasteiger partial charge in [-0.1, -0.05) is 37.3 Å². The van der Waals surface area contributed by atoms with Crippen LogP contribution in [0.3, 0.4) is 0 Å². The Labute approximate surface area is 137 Å². The molecule has 2 aromatic rings. The number of hydrogen-bond acceptors (Lipinski definition) is 3. The third-order valence-corrected chi connectivity index (χ3v) is 3.83. The zero-order valence-corrected chi connectivity index (χ0v) is 13.8. The molecule has 0 aliphatic carbocycles. The van der Waals surface area contributed by atoms with Gasteiger partial charge in [-0.3, -0.25) is 4.79 Å². The largest absolute Gasteiger partial charge is 0.496 e. The summed E-state index contributed by atoms with van der Waals surface area (Å²) in [6, 6.07) is 12.9. The number of aliphatic hydroxyl groups excluding tert-OH is 1. The van der Waals surface area contributed by atoms with E-state index in [0.717, 1.165) is 28.0 Å². The number of allylic oxidation sites excluding steroid dienone is 1. The topological polar surface area (TPSA) is 46.5 Å². The SMILES string of the molecule is CC/C(=C\c1ccc(OC)c(C)c1)C(=O)c1ccc(CO)cc1. The van der Waals surface area contributed by atoms with Crippen LogP contribution in [0.2, 0.25) is 0 Å². The summed E-state index contributed by atoms with van der Waals surface area (Å²) < 4.78 is 5.26. The third-order valence-electron chi connectivity index (χ3n) is 3.83. The predicted octanol–water partition coefficient (Wildman–Crippen LogP) is 4.17. The fourth-order valence-electron chi connectivity index (χ4n) is 2.47. The van der Waals surface area contributed by atoms with Gasteiger partial charge in [0.15, 0.2) is 5.78 Å². The van der Waals surface area contributed by atoms with Crippen molar-refractivity contribution in [3.05, 3.63) is 70.3 Å². The molecule has 0 saturated heterocycles. The van der Waals surface area contributed by atoms with Gasteiger partial charge in [0.2, 0.25) is 0 Å². The number of rotatable bonds is 6. The summed E-state index contributed by atoms with van der Waals surface area (Å²) >= 11 is 0. The van der Waals surface area contributed by atoms with Crippen LogP contribution in [-0.4, -0.2) is 18.0 Å². The number of aryl methyl sites for hydroxylation is 1. The van der Waals surface area contributed by atoms with Crippen LogP contribution in [0.5, 0.6) is 5.75 Å². The fraction of sp³-hybridized carbons (Fsp3) is 0.250. The number of ether oxygens (including phenoxy) is 1. The van der Waals surface area contributed by atoms with Crippen molar-refractivity contribution in [2.75, 3.05) is 7.11 Å². The molecule has 120 valence electrons. The van der Waals surface area contributed by atoms with Crippen molar-refractivity contribution in [3.8, 4) is 5.75 Å². The number of hydrogen-bond donors (Lipinski definition) is 1. The number of carbonyl (C=O) groups excluding carboxylic acids is 1. The van der Waals surface area contributed by atoms with E-state index in [-0.39, 0.29) is 12.4 Å². The minimum atomic E-state index is -0.0178. The van der Waals surface area contributed by atoms with E-state index in [0.29, 0.717) is 12.0 Å². The van der Waals surface area contributed by atoms with Crippen LogP contribution < -0.4 is 4.74 Å². The lowest BCUT2D eigenvalue weighted by atomic mass is 9.98. The molecule has 0 radical (unpaired) electrons. The highest BCUT2D eigenvalue weighted by Gasteiger charge is 2.11. The molecule has 3 heteroatoms. The Bertz CT molecular complexity index is 712. The molecule has 23 heavy (non-hydrogen) atoms. The van der Waals surface area contributed by atoms with Gasteiger partial charge < -0.3 is 9.84 Å². The molecule has 0 bridgehead atoms. The molecule has 2 aromatic carbocycles. The van der Waals surface area contributed by atoms with Gasteiger partial charge in [-0.05, 0) is 48.2 Å². The van der Waals surface area contributed by atoms with E-state index < -0.39 is 0 Å². The van der Waals surface area contributed by atoms with E-state index in [1.54, 1.807) is 31.4 Å². The Balaban J connectivity index is 2.30. The first kappa shape index (κ1) is 17.0. The normalized spacial score (nSPS) is 11.4. The van der Waals surface area contributed by atoms with Crippen LogP contribution in [0.1, 0.15) is 40.4 Å². The van der Waals surface area contributed by atoms with Gasteiger partial charge >= 0.3 is 0 Å². The molecule has 0 fully saturated rings. The van der Waals surface area contributed by atoms with E-state index in [4.69, 9.17) is 9.84 Å². The lowest BCUT2D eigenvalue weighted by molar-refractivity contribution is 0.103. The number of Topliss-reactive ketones (excluding diaryl/α,β-unsaturated/α-hetero) is 1. The molecule has 0 aliphatic rings. The number of methoxy groups -OCH3 is 1. The molecule has 0 aromatic heterocycles. The standard InChI is InChI=1S/C20H22O3/c1-4-17(12-16-7-10-19(23-3)14(2)11-16)20(22)18-8-5-15(13-21)6-9-18/h5-12,21H,4,13H2,1-3H3/b17-12+. The average molecular weight is 310 g/mol. The Morgan fingerprint density at radius 2 is 1.87 bits per heavy atom. The Hall–Kier alpha value is -2.39. The maximum absolute atomic E-state index is 12.6. The molecule has 0 amide bonds. The summed E-state index contributed by atoms with van der Waals surface area (Å²) in [7, 11) is 1.65. The highest BCUT2D eigenvalue weighted by Crippen LogP contribution is 2.22. The monoisotopic (exact) mass is 310 g/mol. The minimum absolute atomic E-state index is 0.0178. The van der Waals surface area contributed by atoms with Gasteiger partial charge in [-0.25, -0.2) is 0 Å². The van der Waals surface area contributed by atoms with Crippen molar-refractivity contribution >= 4 is 11.9 Å². The summed E-state index contributed by atoms with van der Waals surface area (Å²) in [4.78, 5) is 12.6. The smallest absolute Gasteiger partial charge is 0.189 e. The molecule has 0 saturated carbocycles. The van der Waals surface area contributed by atoms with Crippen molar-refractivity contribution < 1.29 is 14.6 Å². The first-order chi connectivity index (χ1) is 11.1. The van der Waals surface area contributed by atoms with E-state index in [9.17, 15) is 4.79 Å². The van der Waals surface area contributed by atoms with Crippen LogP contribution in [-0.2, 0) is 6.61 Å². The zero-order chi connectivity index (χ0) is 16.8. The first-order valence-corrected chi connectivity index (χ1v) is 7.68. The molecule has 0 atom stereocenters. The molecule has 0 aliphatic heterocycles.